The lowest BCUT2D eigenvalue weighted by atomic mass is 10.5. The lowest BCUT2D eigenvalue weighted by Gasteiger charge is -2.07. The van der Waals surface area contributed by atoms with Gasteiger partial charge in [0.05, 0.1) is 0 Å². The van der Waals surface area contributed by atoms with Crippen molar-refractivity contribution in [1.29, 1.82) is 0 Å². The van der Waals surface area contributed by atoms with Gasteiger partial charge in [0.15, 0.2) is 0 Å². The molecule has 0 N–H and O–H groups in total. The van der Waals surface area contributed by atoms with Gasteiger partial charge in [0, 0.05) is 0 Å². The highest BCUT2D eigenvalue weighted by Crippen LogP contribution is 2.14. The molecule has 1 heterocycles. The van der Waals surface area contributed by atoms with E-state index in [1.807, 2.05) is 57.2 Å². The van der Waals surface area contributed by atoms with Gasteiger partial charge in [-0.05, 0) is 20.8 Å². The van der Waals surface area contributed by atoms with Crippen molar-refractivity contribution >= 4 is 0 Å². The smallest absolute Gasteiger partial charge is 0.326 e. The molecule has 0 amide bonds. The van der Waals surface area contributed by atoms with E-state index in [2.05, 4.69) is 15.0 Å². The normalized spacial score (nSPS) is 11.6. The first-order chi connectivity index (χ1) is 10.3. The number of hydrogen-bond acceptors (Lipinski definition) is 6. The van der Waals surface area contributed by atoms with Crippen molar-refractivity contribution in [1.82, 2.24) is 15.0 Å². The summed E-state index contributed by atoms with van der Waals surface area (Å²) in [5.74, 6) is 0. The lowest BCUT2D eigenvalue weighted by molar-refractivity contribution is 0.268. The first-order valence-corrected chi connectivity index (χ1v) is 6.78. The Morgan fingerprint density at radius 2 is 0.905 bits per heavy atom. The summed E-state index contributed by atoms with van der Waals surface area (Å²) >= 11 is 0. The second-order valence-corrected chi connectivity index (χ2v) is 3.82. The minimum Gasteiger partial charge on any atom is -0.459 e. The van der Waals surface area contributed by atoms with E-state index in [0.29, 0.717) is 19.8 Å². The predicted octanol–water partition coefficient (Wildman–Crippen LogP) is 2.74. The number of nitrogens with zero attached hydrogens (tertiary/aromatic N) is 3. The summed E-state index contributed by atoms with van der Waals surface area (Å²) in [6.07, 6.45) is 11.2. The number of hydrogen-bond donors (Lipinski definition) is 0. The summed E-state index contributed by atoms with van der Waals surface area (Å²) in [5.41, 5.74) is 0. The Balaban J connectivity index is 2.78. The van der Waals surface area contributed by atoms with E-state index in [4.69, 9.17) is 14.2 Å². The average molecular weight is 291 g/mol. The van der Waals surface area contributed by atoms with Gasteiger partial charge >= 0.3 is 18.0 Å². The van der Waals surface area contributed by atoms with Gasteiger partial charge < -0.3 is 14.2 Å². The summed E-state index contributed by atoms with van der Waals surface area (Å²) in [7, 11) is 0. The molecule has 0 aliphatic rings. The molecule has 6 nitrogen and oxygen atoms in total. The molecule has 1 aromatic heterocycles. The summed E-state index contributed by atoms with van der Waals surface area (Å²) in [6.45, 7) is 6.87. The Labute approximate surface area is 125 Å². The van der Waals surface area contributed by atoms with Crippen LogP contribution in [0.15, 0.2) is 36.5 Å². The fourth-order valence-corrected chi connectivity index (χ4v) is 1.17. The van der Waals surface area contributed by atoms with E-state index >= 15 is 0 Å². The SMILES string of the molecule is C/C=C/COc1nc(OC/C=C/C)nc(OC/C=C/C)n1. The van der Waals surface area contributed by atoms with Crippen LogP contribution >= 0.6 is 0 Å². The van der Waals surface area contributed by atoms with Gasteiger partial charge in [-0.1, -0.05) is 36.5 Å². The molecular formula is C15H21N3O3. The number of ether oxygens (including phenoxy) is 3. The van der Waals surface area contributed by atoms with Gasteiger partial charge in [-0.2, -0.15) is 0 Å². The molecule has 0 aliphatic carbocycles. The summed E-state index contributed by atoms with van der Waals surface area (Å²) in [5, 5.41) is 0. The molecule has 6 heteroatoms. The minimum atomic E-state index is 0.175. The largest absolute Gasteiger partial charge is 0.459 e. The van der Waals surface area contributed by atoms with Crippen LogP contribution in [0, 0.1) is 0 Å². The van der Waals surface area contributed by atoms with E-state index in [-0.39, 0.29) is 18.0 Å². The summed E-state index contributed by atoms with van der Waals surface area (Å²) < 4.78 is 16.2. The van der Waals surface area contributed by atoms with Crippen LogP contribution in [0.1, 0.15) is 20.8 Å². The molecule has 1 aromatic rings. The minimum absolute atomic E-state index is 0.175. The molecule has 0 fully saturated rings. The van der Waals surface area contributed by atoms with Crippen LogP contribution in [0.3, 0.4) is 0 Å². The van der Waals surface area contributed by atoms with Crippen molar-refractivity contribution in [3.8, 4) is 18.0 Å². The quantitative estimate of drug-likeness (QED) is 0.652. The van der Waals surface area contributed by atoms with Gasteiger partial charge in [-0.25, -0.2) is 0 Å². The number of allylic oxidation sites excluding steroid dienone is 3. The molecule has 0 unspecified atom stereocenters. The molecule has 0 aliphatic heterocycles. The van der Waals surface area contributed by atoms with Crippen LogP contribution in [0.2, 0.25) is 0 Å². The van der Waals surface area contributed by atoms with Crippen LogP contribution in [0.5, 0.6) is 18.0 Å². The van der Waals surface area contributed by atoms with Crippen molar-refractivity contribution in [3.63, 3.8) is 0 Å². The first kappa shape index (κ1) is 16.7. The van der Waals surface area contributed by atoms with E-state index in [1.165, 1.54) is 0 Å². The highest BCUT2D eigenvalue weighted by Gasteiger charge is 2.09. The molecular weight excluding hydrogens is 270 g/mol. The number of rotatable bonds is 9. The zero-order chi connectivity index (χ0) is 15.3. The second kappa shape index (κ2) is 10.4. The lowest BCUT2D eigenvalue weighted by Crippen LogP contribution is -2.07. The third-order valence-corrected chi connectivity index (χ3v) is 2.21. The summed E-state index contributed by atoms with van der Waals surface area (Å²) in [4.78, 5) is 12.2. The zero-order valence-electron chi connectivity index (χ0n) is 12.7. The molecule has 0 radical (unpaired) electrons. The van der Waals surface area contributed by atoms with E-state index in [0.717, 1.165) is 0 Å². The van der Waals surface area contributed by atoms with E-state index < -0.39 is 0 Å². The Morgan fingerprint density at radius 3 is 1.14 bits per heavy atom. The number of aromatic nitrogens is 3. The third kappa shape index (κ3) is 7.10. The first-order valence-electron chi connectivity index (χ1n) is 6.78. The summed E-state index contributed by atoms with van der Waals surface area (Å²) in [6, 6.07) is 0.525. The third-order valence-electron chi connectivity index (χ3n) is 2.21. The van der Waals surface area contributed by atoms with E-state index in [1.54, 1.807) is 0 Å². The van der Waals surface area contributed by atoms with Gasteiger partial charge in [0.25, 0.3) is 0 Å². The molecule has 114 valence electrons. The van der Waals surface area contributed by atoms with Crippen molar-refractivity contribution < 1.29 is 14.2 Å². The highest BCUT2D eigenvalue weighted by atomic mass is 16.5. The van der Waals surface area contributed by atoms with Crippen LogP contribution < -0.4 is 14.2 Å². The Kier molecular flexibility index (Phi) is 8.28. The van der Waals surface area contributed by atoms with Crippen molar-refractivity contribution in [2.75, 3.05) is 19.8 Å². The van der Waals surface area contributed by atoms with Crippen molar-refractivity contribution in [2.24, 2.45) is 0 Å². The van der Waals surface area contributed by atoms with Gasteiger partial charge in [0.2, 0.25) is 0 Å². The van der Waals surface area contributed by atoms with Crippen molar-refractivity contribution in [2.45, 2.75) is 20.8 Å². The highest BCUT2D eigenvalue weighted by molar-refractivity contribution is 5.10. The molecule has 0 atom stereocenters. The zero-order valence-corrected chi connectivity index (χ0v) is 12.7. The molecule has 0 saturated carbocycles. The Morgan fingerprint density at radius 1 is 0.619 bits per heavy atom. The maximum absolute atomic E-state index is 5.40. The molecule has 0 bridgehead atoms. The van der Waals surface area contributed by atoms with Crippen molar-refractivity contribution in [3.05, 3.63) is 36.5 Å². The van der Waals surface area contributed by atoms with Gasteiger partial charge in [-0.15, -0.1) is 15.0 Å². The molecule has 0 spiro atoms. The Bertz CT molecular complexity index is 415. The van der Waals surface area contributed by atoms with Gasteiger partial charge in [0.1, 0.15) is 19.8 Å². The average Bonchev–Trinajstić information content (AvgIpc) is 2.48. The standard InChI is InChI=1S/C15H21N3O3/c1-4-7-10-19-13-16-14(20-11-8-5-2)18-15(17-13)21-12-9-6-3/h4-9H,10-12H2,1-3H3/b7-4+,8-5+,9-6+. The topological polar surface area (TPSA) is 66.4 Å². The van der Waals surface area contributed by atoms with Crippen LogP contribution in [-0.4, -0.2) is 34.8 Å². The molecule has 21 heavy (non-hydrogen) atoms. The van der Waals surface area contributed by atoms with Gasteiger partial charge in [-0.3, -0.25) is 0 Å². The maximum atomic E-state index is 5.40. The monoisotopic (exact) mass is 291 g/mol. The second-order valence-electron chi connectivity index (χ2n) is 3.82. The molecule has 1 rings (SSSR count). The fraction of sp³-hybridized carbons (Fsp3) is 0.400. The van der Waals surface area contributed by atoms with E-state index in [9.17, 15) is 0 Å². The molecule has 0 saturated heterocycles. The maximum Gasteiger partial charge on any atom is 0.326 e. The molecule has 0 aromatic carbocycles. The van der Waals surface area contributed by atoms with Crippen LogP contribution in [0.4, 0.5) is 0 Å². The Hall–Kier alpha value is -2.37. The van der Waals surface area contributed by atoms with Crippen LogP contribution in [0.25, 0.3) is 0 Å². The predicted molar refractivity (Wildman–Crippen MR) is 80.8 cm³/mol. The van der Waals surface area contributed by atoms with Crippen LogP contribution in [-0.2, 0) is 0 Å². The fourth-order valence-electron chi connectivity index (χ4n) is 1.17.